The van der Waals surface area contributed by atoms with Gasteiger partial charge in [0.1, 0.15) is 11.6 Å². The van der Waals surface area contributed by atoms with Crippen LogP contribution in [0.25, 0.3) is 0 Å². The fraction of sp³-hybridized carbons (Fsp3) is 0.240. The first-order valence-corrected chi connectivity index (χ1v) is 10.4. The molecular formula is C25H21F3N4O2. The molecule has 1 aromatic heterocycles. The molecule has 0 saturated carbocycles. The van der Waals surface area contributed by atoms with Crippen molar-refractivity contribution in [1.29, 1.82) is 0 Å². The Balaban J connectivity index is 1.62. The second-order valence-corrected chi connectivity index (χ2v) is 7.79. The quantitative estimate of drug-likeness (QED) is 0.549. The van der Waals surface area contributed by atoms with E-state index in [1.54, 1.807) is 6.92 Å². The molecule has 6 nitrogen and oxygen atoms in total. The first-order chi connectivity index (χ1) is 16.2. The molecule has 174 valence electrons. The molecule has 0 saturated heterocycles. The standard InChI is InChI=1S/C25H21F3N4O2/c1-4-17-8-9-18(15(2)10-17)11-20-14-33-32-24(31-20)23-22(13-29-16(3)30-23)34-21-7-5-6-19(12-21)25(26,27)28/h1,5-10,12-13,20H,11,14H2,2-3H3,(H,31,32). The summed E-state index contributed by atoms with van der Waals surface area (Å²) in [6, 6.07) is 10.2. The second-order valence-electron chi connectivity index (χ2n) is 7.79. The Morgan fingerprint density at radius 2 is 2.03 bits per heavy atom. The predicted octanol–water partition coefficient (Wildman–Crippen LogP) is 4.78. The van der Waals surface area contributed by atoms with Crippen molar-refractivity contribution in [2.24, 2.45) is 4.99 Å². The maximum absolute atomic E-state index is 13.1. The van der Waals surface area contributed by atoms with Crippen LogP contribution in [0.15, 0.2) is 53.7 Å². The largest absolute Gasteiger partial charge is 0.453 e. The monoisotopic (exact) mass is 466 g/mol. The van der Waals surface area contributed by atoms with Crippen molar-refractivity contribution < 1.29 is 22.7 Å². The van der Waals surface area contributed by atoms with Gasteiger partial charge in [0.05, 0.1) is 24.4 Å². The van der Waals surface area contributed by atoms with E-state index in [1.165, 1.54) is 18.3 Å². The third kappa shape index (κ3) is 5.35. The summed E-state index contributed by atoms with van der Waals surface area (Å²) in [5.41, 5.74) is 5.15. The minimum atomic E-state index is -4.49. The van der Waals surface area contributed by atoms with E-state index in [0.717, 1.165) is 28.8 Å². The highest BCUT2D eigenvalue weighted by Gasteiger charge is 2.31. The van der Waals surface area contributed by atoms with E-state index in [0.29, 0.717) is 24.7 Å². The van der Waals surface area contributed by atoms with E-state index < -0.39 is 11.7 Å². The van der Waals surface area contributed by atoms with E-state index >= 15 is 0 Å². The maximum Gasteiger partial charge on any atom is 0.416 e. The summed E-state index contributed by atoms with van der Waals surface area (Å²) in [6.45, 7) is 4.00. The third-order valence-corrected chi connectivity index (χ3v) is 5.21. The van der Waals surface area contributed by atoms with Gasteiger partial charge in [0.15, 0.2) is 17.3 Å². The molecule has 1 aliphatic heterocycles. The molecule has 34 heavy (non-hydrogen) atoms. The number of amidine groups is 1. The number of hydroxylamine groups is 1. The van der Waals surface area contributed by atoms with Gasteiger partial charge < -0.3 is 4.74 Å². The summed E-state index contributed by atoms with van der Waals surface area (Å²) >= 11 is 0. The van der Waals surface area contributed by atoms with Gasteiger partial charge in [-0.15, -0.1) is 6.42 Å². The summed E-state index contributed by atoms with van der Waals surface area (Å²) in [6.07, 6.45) is 2.98. The van der Waals surface area contributed by atoms with E-state index in [4.69, 9.17) is 21.0 Å². The van der Waals surface area contributed by atoms with Gasteiger partial charge in [-0.25, -0.2) is 15.4 Å². The van der Waals surface area contributed by atoms with Crippen LogP contribution in [0, 0.1) is 26.2 Å². The molecule has 2 aromatic carbocycles. The molecule has 4 rings (SSSR count). The number of hydrogen-bond donors (Lipinski definition) is 1. The summed E-state index contributed by atoms with van der Waals surface area (Å²) in [7, 11) is 0. The Bertz CT molecular complexity index is 1280. The van der Waals surface area contributed by atoms with Crippen LogP contribution < -0.4 is 10.2 Å². The maximum atomic E-state index is 13.1. The number of aromatic nitrogens is 2. The Kier molecular flexibility index (Phi) is 6.52. The Labute approximate surface area is 194 Å². The van der Waals surface area contributed by atoms with E-state index in [9.17, 15) is 13.2 Å². The molecule has 1 unspecified atom stereocenters. The highest BCUT2D eigenvalue weighted by molar-refractivity contribution is 5.99. The molecule has 0 aliphatic carbocycles. The number of aliphatic imine (C=N–C) groups is 1. The van der Waals surface area contributed by atoms with Crippen LogP contribution in [0.2, 0.25) is 0 Å². The first-order valence-electron chi connectivity index (χ1n) is 10.4. The SMILES string of the molecule is C#Cc1ccc(CC2CONC(c3nc(C)ncc3Oc3cccc(C(F)(F)F)c3)=N2)c(C)c1. The van der Waals surface area contributed by atoms with Gasteiger partial charge >= 0.3 is 6.18 Å². The van der Waals surface area contributed by atoms with Gasteiger partial charge in [0, 0.05) is 5.56 Å². The van der Waals surface area contributed by atoms with Crippen LogP contribution in [0.5, 0.6) is 11.5 Å². The Morgan fingerprint density at radius 1 is 1.21 bits per heavy atom. The number of rotatable bonds is 5. The Hall–Kier alpha value is -3.90. The fourth-order valence-electron chi connectivity index (χ4n) is 3.50. The Morgan fingerprint density at radius 3 is 2.76 bits per heavy atom. The molecule has 1 N–H and O–H groups in total. The van der Waals surface area contributed by atoms with Crippen LogP contribution in [0.3, 0.4) is 0 Å². The topological polar surface area (TPSA) is 68.6 Å². The molecule has 3 aromatic rings. The fourth-order valence-corrected chi connectivity index (χ4v) is 3.50. The molecule has 0 radical (unpaired) electrons. The van der Waals surface area contributed by atoms with E-state index in [-0.39, 0.29) is 23.2 Å². The third-order valence-electron chi connectivity index (χ3n) is 5.21. The first kappa shape index (κ1) is 23.3. The molecule has 0 bridgehead atoms. The lowest BCUT2D eigenvalue weighted by molar-refractivity contribution is -0.137. The number of alkyl halides is 3. The number of nitrogens with zero attached hydrogens (tertiary/aromatic N) is 3. The molecule has 0 fully saturated rings. The molecule has 9 heteroatoms. The van der Waals surface area contributed by atoms with Crippen molar-refractivity contribution >= 4 is 5.84 Å². The van der Waals surface area contributed by atoms with Gasteiger partial charge in [-0.3, -0.25) is 9.83 Å². The number of halogens is 3. The van der Waals surface area contributed by atoms with Crippen molar-refractivity contribution in [2.75, 3.05) is 6.61 Å². The van der Waals surface area contributed by atoms with Crippen LogP contribution in [-0.2, 0) is 17.4 Å². The van der Waals surface area contributed by atoms with Crippen molar-refractivity contribution in [1.82, 2.24) is 15.4 Å². The minimum absolute atomic E-state index is 0.00151. The normalized spacial score (nSPS) is 15.8. The van der Waals surface area contributed by atoms with Crippen LogP contribution in [0.4, 0.5) is 13.2 Å². The number of aryl methyl sites for hydroxylation is 2. The van der Waals surface area contributed by atoms with Gasteiger partial charge in [-0.05, 0) is 61.7 Å². The average Bonchev–Trinajstić information content (AvgIpc) is 2.81. The number of terminal acetylenes is 1. The van der Waals surface area contributed by atoms with Crippen LogP contribution >= 0.6 is 0 Å². The van der Waals surface area contributed by atoms with Gasteiger partial charge in [0.25, 0.3) is 0 Å². The molecule has 2 heterocycles. The summed E-state index contributed by atoms with van der Waals surface area (Å²) in [4.78, 5) is 18.8. The van der Waals surface area contributed by atoms with Gasteiger partial charge in [-0.2, -0.15) is 13.2 Å². The lowest BCUT2D eigenvalue weighted by Crippen LogP contribution is -2.37. The van der Waals surface area contributed by atoms with Crippen molar-refractivity contribution in [3.05, 3.63) is 82.4 Å². The van der Waals surface area contributed by atoms with Crippen molar-refractivity contribution in [2.45, 2.75) is 32.5 Å². The second kappa shape index (κ2) is 9.53. The number of nitrogens with one attached hydrogen (secondary N) is 1. The zero-order valence-electron chi connectivity index (χ0n) is 18.5. The number of benzene rings is 2. The minimum Gasteiger partial charge on any atom is -0.453 e. The average molecular weight is 466 g/mol. The molecule has 0 amide bonds. The summed E-state index contributed by atoms with van der Waals surface area (Å²) < 4.78 is 45.0. The molecular weight excluding hydrogens is 445 g/mol. The highest BCUT2D eigenvalue weighted by atomic mass is 19.4. The number of hydrogen-bond acceptors (Lipinski definition) is 6. The number of ether oxygens (including phenoxy) is 1. The highest BCUT2D eigenvalue weighted by Crippen LogP contribution is 2.33. The zero-order valence-corrected chi connectivity index (χ0v) is 18.5. The van der Waals surface area contributed by atoms with Crippen LogP contribution in [-0.4, -0.2) is 28.5 Å². The molecule has 0 spiro atoms. The van der Waals surface area contributed by atoms with E-state index in [1.807, 2.05) is 25.1 Å². The summed E-state index contributed by atoms with van der Waals surface area (Å²) in [5, 5.41) is 0. The van der Waals surface area contributed by atoms with Gasteiger partial charge in [-0.1, -0.05) is 18.1 Å². The van der Waals surface area contributed by atoms with Gasteiger partial charge in [0.2, 0.25) is 0 Å². The zero-order chi connectivity index (χ0) is 24.3. The smallest absolute Gasteiger partial charge is 0.416 e. The molecule has 1 aliphatic rings. The van der Waals surface area contributed by atoms with Crippen molar-refractivity contribution in [3.8, 4) is 23.8 Å². The lowest BCUT2D eigenvalue weighted by atomic mass is 9.99. The van der Waals surface area contributed by atoms with Crippen molar-refractivity contribution in [3.63, 3.8) is 0 Å². The van der Waals surface area contributed by atoms with Crippen LogP contribution in [0.1, 0.15) is 33.8 Å². The summed E-state index contributed by atoms with van der Waals surface area (Å²) in [5.74, 6) is 3.52. The molecule has 1 atom stereocenters. The van der Waals surface area contributed by atoms with E-state index in [2.05, 4.69) is 21.4 Å². The predicted molar refractivity (Wildman–Crippen MR) is 121 cm³/mol. The lowest BCUT2D eigenvalue weighted by Gasteiger charge is -2.23.